The maximum atomic E-state index is 12.7. The lowest BCUT2D eigenvalue weighted by Gasteiger charge is -2.21. The van der Waals surface area contributed by atoms with Crippen molar-refractivity contribution in [3.8, 4) is 0 Å². The zero-order valence-electron chi connectivity index (χ0n) is 12.2. The molecule has 1 aromatic rings. The molecule has 21 heavy (non-hydrogen) atoms. The van der Waals surface area contributed by atoms with Gasteiger partial charge in [0.25, 0.3) is 5.69 Å². The number of nitrogens with one attached hydrogen (secondary N) is 1. The molecule has 1 aliphatic rings. The van der Waals surface area contributed by atoms with Crippen molar-refractivity contribution in [2.75, 3.05) is 18.9 Å². The van der Waals surface area contributed by atoms with Crippen molar-refractivity contribution in [3.05, 3.63) is 28.3 Å². The van der Waals surface area contributed by atoms with E-state index < -0.39 is 20.6 Å². The number of rotatable bonds is 4. The van der Waals surface area contributed by atoms with Crippen LogP contribution in [0.25, 0.3) is 0 Å². The summed E-state index contributed by atoms with van der Waals surface area (Å²) in [5.41, 5.74) is 0.108. The van der Waals surface area contributed by atoms with Gasteiger partial charge in [-0.3, -0.25) is 10.1 Å². The molecule has 0 aromatic heterocycles. The maximum Gasteiger partial charge on any atom is 0.291 e. The largest absolute Gasteiger partial charge is 0.388 e. The molecule has 116 valence electrons. The minimum absolute atomic E-state index is 0.145. The summed E-state index contributed by atoms with van der Waals surface area (Å²) in [6.07, 6.45) is 0.766. The summed E-state index contributed by atoms with van der Waals surface area (Å²) in [6.45, 7) is 4.20. The average Bonchev–Trinajstić information content (AvgIpc) is 2.77. The van der Waals surface area contributed by atoms with Crippen LogP contribution in [0.1, 0.15) is 20.3 Å². The summed E-state index contributed by atoms with van der Waals surface area (Å²) in [6, 6.07) is 3.93. The van der Waals surface area contributed by atoms with Crippen molar-refractivity contribution in [1.82, 2.24) is 4.31 Å². The predicted octanol–water partition coefficient (Wildman–Crippen LogP) is 2.06. The Bertz CT molecular complexity index is 659. The summed E-state index contributed by atoms with van der Waals surface area (Å²) in [5, 5.41) is 14.0. The van der Waals surface area contributed by atoms with Crippen molar-refractivity contribution in [2.24, 2.45) is 5.92 Å². The number of nitro groups is 1. The van der Waals surface area contributed by atoms with Gasteiger partial charge in [-0.25, -0.2) is 8.42 Å². The predicted molar refractivity (Wildman–Crippen MR) is 79.8 cm³/mol. The second kappa shape index (κ2) is 5.61. The molecule has 1 heterocycles. The van der Waals surface area contributed by atoms with E-state index in [0.717, 1.165) is 6.42 Å². The highest BCUT2D eigenvalue weighted by Gasteiger charge is 2.39. The van der Waals surface area contributed by atoms with Gasteiger partial charge in [0.2, 0.25) is 10.0 Å². The molecule has 8 heteroatoms. The number of hydrogen-bond acceptors (Lipinski definition) is 5. The third-order valence-corrected chi connectivity index (χ3v) is 5.79. The first-order chi connectivity index (χ1) is 9.77. The van der Waals surface area contributed by atoms with Crippen LogP contribution >= 0.6 is 0 Å². The highest BCUT2D eigenvalue weighted by atomic mass is 32.2. The number of benzene rings is 1. The van der Waals surface area contributed by atoms with Gasteiger partial charge in [-0.2, -0.15) is 4.31 Å². The minimum atomic E-state index is -3.86. The Morgan fingerprint density at radius 1 is 1.38 bits per heavy atom. The van der Waals surface area contributed by atoms with Crippen LogP contribution in [-0.2, 0) is 10.0 Å². The van der Waals surface area contributed by atoms with Gasteiger partial charge in [0.1, 0.15) is 0 Å². The highest BCUT2D eigenvalue weighted by molar-refractivity contribution is 7.89. The first-order valence-corrected chi connectivity index (χ1v) is 8.19. The molecule has 0 radical (unpaired) electrons. The third-order valence-electron chi connectivity index (χ3n) is 3.76. The maximum absolute atomic E-state index is 12.7. The molecule has 1 saturated heterocycles. The van der Waals surface area contributed by atoms with E-state index in [1.54, 1.807) is 7.05 Å². The van der Waals surface area contributed by atoms with Crippen molar-refractivity contribution in [1.29, 1.82) is 0 Å². The molecule has 1 fully saturated rings. The van der Waals surface area contributed by atoms with E-state index in [0.29, 0.717) is 12.2 Å². The molecule has 2 unspecified atom stereocenters. The molecule has 7 nitrogen and oxygen atoms in total. The van der Waals surface area contributed by atoms with Gasteiger partial charge in [0, 0.05) is 31.4 Å². The zero-order chi connectivity index (χ0) is 15.8. The van der Waals surface area contributed by atoms with E-state index >= 15 is 0 Å². The van der Waals surface area contributed by atoms with E-state index in [-0.39, 0.29) is 16.9 Å². The Morgan fingerprint density at radius 3 is 2.52 bits per heavy atom. The first kappa shape index (κ1) is 15.7. The molecule has 0 spiro atoms. The summed E-state index contributed by atoms with van der Waals surface area (Å²) in [7, 11) is -2.24. The third kappa shape index (κ3) is 2.86. The number of nitrogens with zero attached hydrogens (tertiary/aromatic N) is 2. The number of anilines is 1. The minimum Gasteiger partial charge on any atom is -0.388 e. The fourth-order valence-corrected chi connectivity index (χ4v) is 4.66. The Morgan fingerprint density at radius 2 is 2.05 bits per heavy atom. The lowest BCUT2D eigenvalue weighted by Crippen LogP contribution is -2.34. The van der Waals surface area contributed by atoms with Gasteiger partial charge in [0.05, 0.1) is 4.92 Å². The van der Waals surface area contributed by atoms with Crippen LogP contribution in [0.15, 0.2) is 23.1 Å². The number of nitro benzene ring substituents is 1. The van der Waals surface area contributed by atoms with E-state index in [9.17, 15) is 18.5 Å². The Labute approximate surface area is 124 Å². The second-order valence-corrected chi connectivity index (χ2v) is 7.31. The summed E-state index contributed by atoms with van der Waals surface area (Å²) in [5.74, 6) is 0.255. The van der Waals surface area contributed by atoms with Crippen molar-refractivity contribution in [2.45, 2.75) is 31.2 Å². The molecule has 0 aliphatic carbocycles. The SMILES string of the molecule is CNc1ccc(S(=O)(=O)N2CC(C)CC2C)c([N+](=O)[O-])c1. The lowest BCUT2D eigenvalue weighted by molar-refractivity contribution is -0.387. The van der Waals surface area contributed by atoms with Gasteiger partial charge < -0.3 is 5.32 Å². The fraction of sp³-hybridized carbons (Fsp3) is 0.538. The molecule has 1 aromatic carbocycles. The topological polar surface area (TPSA) is 92.6 Å². The van der Waals surface area contributed by atoms with Gasteiger partial charge in [-0.15, -0.1) is 0 Å². The standard InChI is InChI=1S/C13H19N3O4S/c1-9-6-10(2)15(8-9)21(19,20)13-5-4-11(14-3)7-12(13)16(17)18/h4-5,7,9-10,14H,6,8H2,1-3H3. The summed E-state index contributed by atoms with van der Waals surface area (Å²) in [4.78, 5) is 10.3. The van der Waals surface area contributed by atoms with Crippen LogP contribution in [0.5, 0.6) is 0 Å². The molecule has 1 N–H and O–H groups in total. The van der Waals surface area contributed by atoms with Crippen LogP contribution in [0, 0.1) is 16.0 Å². The van der Waals surface area contributed by atoms with Crippen LogP contribution in [0.4, 0.5) is 11.4 Å². The molecular formula is C13H19N3O4S. The molecule has 2 atom stereocenters. The first-order valence-electron chi connectivity index (χ1n) is 6.75. The van der Waals surface area contributed by atoms with Crippen molar-refractivity contribution in [3.63, 3.8) is 0 Å². The lowest BCUT2D eigenvalue weighted by atomic mass is 10.1. The Kier molecular flexibility index (Phi) is 4.20. The normalized spacial score (nSPS) is 23.2. The van der Waals surface area contributed by atoms with Crippen LogP contribution in [-0.4, -0.2) is 37.3 Å². The Hall–Kier alpha value is -1.67. The van der Waals surface area contributed by atoms with E-state index in [4.69, 9.17) is 0 Å². The van der Waals surface area contributed by atoms with Gasteiger partial charge in [-0.05, 0) is 31.4 Å². The highest BCUT2D eigenvalue weighted by Crippen LogP contribution is 2.34. The molecular weight excluding hydrogens is 294 g/mol. The monoisotopic (exact) mass is 313 g/mol. The zero-order valence-corrected chi connectivity index (χ0v) is 13.1. The van der Waals surface area contributed by atoms with E-state index in [1.165, 1.54) is 22.5 Å². The van der Waals surface area contributed by atoms with Crippen molar-refractivity contribution < 1.29 is 13.3 Å². The molecule has 0 saturated carbocycles. The van der Waals surface area contributed by atoms with Crippen LogP contribution in [0.2, 0.25) is 0 Å². The number of sulfonamides is 1. The second-order valence-electron chi connectivity index (χ2n) is 5.45. The van der Waals surface area contributed by atoms with Gasteiger partial charge in [0.15, 0.2) is 4.90 Å². The summed E-state index contributed by atoms with van der Waals surface area (Å²) < 4.78 is 26.8. The van der Waals surface area contributed by atoms with Crippen molar-refractivity contribution >= 4 is 21.4 Å². The molecule has 1 aliphatic heterocycles. The van der Waals surface area contributed by atoms with Crippen LogP contribution < -0.4 is 5.32 Å². The number of hydrogen-bond donors (Lipinski definition) is 1. The molecule has 2 rings (SSSR count). The average molecular weight is 313 g/mol. The van der Waals surface area contributed by atoms with Gasteiger partial charge >= 0.3 is 0 Å². The van der Waals surface area contributed by atoms with Crippen LogP contribution in [0.3, 0.4) is 0 Å². The van der Waals surface area contributed by atoms with Gasteiger partial charge in [-0.1, -0.05) is 6.92 Å². The summed E-state index contributed by atoms with van der Waals surface area (Å²) >= 11 is 0. The Balaban J connectivity index is 2.52. The fourth-order valence-electron chi connectivity index (χ4n) is 2.76. The quantitative estimate of drug-likeness (QED) is 0.678. The molecule has 0 bridgehead atoms. The molecule has 0 amide bonds. The van der Waals surface area contributed by atoms with E-state index in [2.05, 4.69) is 5.32 Å². The smallest absolute Gasteiger partial charge is 0.291 e. The van der Waals surface area contributed by atoms with E-state index in [1.807, 2.05) is 13.8 Å².